The number of carbonyl (C=O) groups excluding carboxylic acids is 4. The Bertz CT molecular complexity index is 700. The first-order chi connectivity index (χ1) is 12.2. The molecule has 0 atom stereocenters. The van der Waals surface area contributed by atoms with Gasteiger partial charge in [0.2, 0.25) is 24.3 Å². The second kappa shape index (κ2) is 15.6. The Morgan fingerprint density at radius 1 is 0.760 bits per heavy atom. The largest absolute Gasteiger partial charge is 0.240 e. The molecule has 0 aliphatic heterocycles. The van der Waals surface area contributed by atoms with Gasteiger partial charge in [-0.25, -0.2) is 29.2 Å². The number of rotatable bonds is 9. The molecule has 1 aromatic rings. The maximum Gasteiger partial charge on any atom is 0.240 e. The molecule has 0 amide bonds. The Morgan fingerprint density at radius 3 is 1.80 bits per heavy atom. The molecule has 8 heteroatoms. The summed E-state index contributed by atoms with van der Waals surface area (Å²) < 4.78 is 0. The van der Waals surface area contributed by atoms with Gasteiger partial charge in [0.15, 0.2) is 0 Å². The first kappa shape index (κ1) is 21.7. The molecular weight excluding hydrogens is 324 g/mol. The van der Waals surface area contributed by atoms with Crippen molar-refractivity contribution in [3.05, 3.63) is 23.8 Å². The smallest absolute Gasteiger partial charge is 0.211 e. The summed E-state index contributed by atoms with van der Waals surface area (Å²) in [6.07, 6.45) is 9.64. The third kappa shape index (κ3) is 11.9. The van der Waals surface area contributed by atoms with Crippen LogP contribution < -0.4 is 0 Å². The highest BCUT2D eigenvalue weighted by Gasteiger charge is 1.97. The van der Waals surface area contributed by atoms with Crippen molar-refractivity contribution in [1.82, 2.24) is 0 Å². The molecule has 1 aromatic carbocycles. The minimum atomic E-state index is 0.426. The van der Waals surface area contributed by atoms with Crippen LogP contribution in [0.3, 0.4) is 0 Å². The summed E-state index contributed by atoms with van der Waals surface area (Å²) in [5, 5.41) is 0. The number of isocyanates is 4. The number of aliphatic imine (C=N–C) groups is 4. The average molecular weight is 342 g/mol. The van der Waals surface area contributed by atoms with E-state index >= 15 is 0 Å². The summed E-state index contributed by atoms with van der Waals surface area (Å²) in [4.78, 5) is 52.9. The molecule has 0 aliphatic carbocycles. The van der Waals surface area contributed by atoms with Crippen LogP contribution in [0.5, 0.6) is 0 Å². The van der Waals surface area contributed by atoms with E-state index in [1.54, 1.807) is 19.1 Å². The molecular formula is C17H18N4O4. The fraction of sp³-hybridized carbons (Fsp3) is 0.412. The van der Waals surface area contributed by atoms with Crippen LogP contribution in [-0.2, 0) is 19.2 Å². The Labute approximate surface area is 145 Å². The van der Waals surface area contributed by atoms with E-state index in [4.69, 9.17) is 0 Å². The van der Waals surface area contributed by atoms with E-state index in [0.717, 1.165) is 31.2 Å². The summed E-state index contributed by atoms with van der Waals surface area (Å²) in [6.45, 7) is 2.91. The highest BCUT2D eigenvalue weighted by molar-refractivity contribution is 5.61. The predicted molar refractivity (Wildman–Crippen MR) is 91.2 cm³/mol. The molecule has 0 radical (unpaired) electrons. The van der Waals surface area contributed by atoms with Crippen molar-refractivity contribution in [3.63, 3.8) is 0 Å². The number of hydrogen-bond donors (Lipinski definition) is 0. The lowest BCUT2D eigenvalue weighted by atomic mass is 10.2. The van der Waals surface area contributed by atoms with E-state index in [2.05, 4.69) is 20.0 Å². The molecule has 1 rings (SSSR count). The van der Waals surface area contributed by atoms with E-state index in [9.17, 15) is 19.2 Å². The van der Waals surface area contributed by atoms with Crippen molar-refractivity contribution in [2.24, 2.45) is 20.0 Å². The van der Waals surface area contributed by atoms with Gasteiger partial charge in [-0.15, -0.1) is 0 Å². The van der Waals surface area contributed by atoms with Gasteiger partial charge in [-0.2, -0.15) is 9.98 Å². The first-order valence-electron chi connectivity index (χ1n) is 7.53. The first-order valence-corrected chi connectivity index (χ1v) is 7.53. The zero-order valence-electron chi connectivity index (χ0n) is 13.9. The van der Waals surface area contributed by atoms with Gasteiger partial charge < -0.3 is 0 Å². The third-order valence-electron chi connectivity index (χ3n) is 2.95. The highest BCUT2D eigenvalue weighted by atomic mass is 16.1. The topological polar surface area (TPSA) is 118 Å². The van der Waals surface area contributed by atoms with Crippen LogP contribution >= 0.6 is 0 Å². The molecule has 0 fully saturated rings. The SMILES string of the molecule is Cc1ccc(N=C=O)cc1N=C=O.O=C=NCCCCCCN=C=O. The lowest BCUT2D eigenvalue weighted by Crippen LogP contribution is -1.84. The van der Waals surface area contributed by atoms with Gasteiger partial charge in [0.05, 0.1) is 24.5 Å². The minimum Gasteiger partial charge on any atom is -0.211 e. The molecule has 0 aromatic heterocycles. The molecule has 0 spiro atoms. The minimum absolute atomic E-state index is 0.426. The lowest BCUT2D eigenvalue weighted by Gasteiger charge is -1.97. The molecule has 0 heterocycles. The standard InChI is InChI=1S/C9H6N2O2.C8H12N2O2/c1-7-2-3-8(10-5-12)4-9(7)11-6-13;11-7-9-5-3-1-2-4-6-10-8-12/h2-4H,1H3;1-6H2. The second-order valence-corrected chi connectivity index (χ2v) is 4.74. The molecule has 0 bridgehead atoms. The molecule has 25 heavy (non-hydrogen) atoms. The maximum atomic E-state index is 10.00. The van der Waals surface area contributed by atoms with Crippen molar-refractivity contribution >= 4 is 35.7 Å². The fourth-order valence-electron chi connectivity index (χ4n) is 1.72. The van der Waals surface area contributed by atoms with Crippen molar-refractivity contribution in [3.8, 4) is 0 Å². The van der Waals surface area contributed by atoms with Crippen molar-refractivity contribution in [2.45, 2.75) is 32.6 Å². The molecule has 0 saturated heterocycles. The zero-order chi connectivity index (χ0) is 18.8. The van der Waals surface area contributed by atoms with Crippen molar-refractivity contribution < 1.29 is 19.2 Å². The van der Waals surface area contributed by atoms with Crippen LogP contribution in [0.25, 0.3) is 0 Å². The lowest BCUT2D eigenvalue weighted by molar-refractivity contribution is 0.558. The predicted octanol–water partition coefficient (Wildman–Crippen LogP) is 3.15. The van der Waals surface area contributed by atoms with Crippen LogP contribution in [0.1, 0.15) is 31.2 Å². The number of unbranched alkanes of at least 4 members (excludes halogenated alkanes) is 3. The van der Waals surface area contributed by atoms with Gasteiger partial charge in [0.25, 0.3) is 0 Å². The fourth-order valence-corrected chi connectivity index (χ4v) is 1.72. The van der Waals surface area contributed by atoms with Gasteiger partial charge >= 0.3 is 0 Å². The van der Waals surface area contributed by atoms with E-state index in [0.29, 0.717) is 24.5 Å². The van der Waals surface area contributed by atoms with E-state index in [1.807, 2.05) is 0 Å². The molecule has 0 saturated carbocycles. The summed E-state index contributed by atoms with van der Waals surface area (Å²) >= 11 is 0. The van der Waals surface area contributed by atoms with Gasteiger partial charge in [-0.3, -0.25) is 0 Å². The normalized spacial score (nSPS) is 8.36. The quantitative estimate of drug-likeness (QED) is 0.389. The molecule has 0 unspecified atom stereocenters. The molecule has 8 nitrogen and oxygen atoms in total. The zero-order valence-corrected chi connectivity index (χ0v) is 13.9. The van der Waals surface area contributed by atoms with E-state index < -0.39 is 0 Å². The Kier molecular flexibility index (Phi) is 13.6. The van der Waals surface area contributed by atoms with Crippen LogP contribution in [0, 0.1) is 6.92 Å². The number of benzene rings is 1. The second-order valence-electron chi connectivity index (χ2n) is 4.74. The Hall–Kier alpha value is -3.26. The van der Waals surface area contributed by atoms with Gasteiger partial charge in [-0.1, -0.05) is 18.9 Å². The average Bonchev–Trinajstić information content (AvgIpc) is 2.61. The Balaban J connectivity index is 0.000000463. The number of nitrogens with zero attached hydrogens (tertiary/aromatic N) is 4. The van der Waals surface area contributed by atoms with E-state index in [-0.39, 0.29) is 0 Å². The molecule has 0 N–H and O–H groups in total. The molecule has 130 valence electrons. The van der Waals surface area contributed by atoms with Crippen LogP contribution in [0.2, 0.25) is 0 Å². The summed E-state index contributed by atoms with van der Waals surface area (Å²) in [6, 6.07) is 4.88. The third-order valence-corrected chi connectivity index (χ3v) is 2.95. The summed E-state index contributed by atoms with van der Waals surface area (Å²) in [7, 11) is 0. The van der Waals surface area contributed by atoms with Crippen LogP contribution in [-0.4, -0.2) is 37.4 Å². The van der Waals surface area contributed by atoms with Gasteiger partial charge in [0, 0.05) is 0 Å². The molecule has 0 aliphatic rings. The van der Waals surface area contributed by atoms with E-state index in [1.165, 1.54) is 30.4 Å². The number of aryl methyl sites for hydroxylation is 1. The summed E-state index contributed by atoms with van der Waals surface area (Å²) in [5.74, 6) is 0. The van der Waals surface area contributed by atoms with Gasteiger partial charge in [0.1, 0.15) is 0 Å². The summed E-state index contributed by atoms with van der Waals surface area (Å²) in [5.41, 5.74) is 1.72. The number of hydrogen-bond acceptors (Lipinski definition) is 8. The van der Waals surface area contributed by atoms with Crippen LogP contribution in [0.15, 0.2) is 38.2 Å². The highest BCUT2D eigenvalue weighted by Crippen LogP contribution is 2.23. The van der Waals surface area contributed by atoms with Gasteiger partial charge in [-0.05, 0) is 37.5 Å². The monoisotopic (exact) mass is 342 g/mol. The maximum absolute atomic E-state index is 10.00. The van der Waals surface area contributed by atoms with Crippen molar-refractivity contribution in [2.75, 3.05) is 13.1 Å². The van der Waals surface area contributed by atoms with Crippen LogP contribution in [0.4, 0.5) is 11.4 Å². The Morgan fingerprint density at radius 2 is 1.32 bits per heavy atom. The van der Waals surface area contributed by atoms with Crippen molar-refractivity contribution in [1.29, 1.82) is 0 Å².